The fourth-order valence-corrected chi connectivity index (χ4v) is 13.5. The average molecular weight is 907 g/mol. The minimum atomic E-state index is 1.15. The molecule has 0 N–H and O–H groups in total. The Labute approximate surface area is 410 Å². The first-order chi connectivity index (χ1) is 33.7. The van der Waals surface area contributed by atoms with Crippen LogP contribution in [0.25, 0.3) is 76.2 Å². The molecular weight excluding hydrogens is 849 g/mol. The highest BCUT2D eigenvalue weighted by Crippen LogP contribution is 2.51. The number of hydrogen-bond acceptors (Lipinski definition) is 2. The summed E-state index contributed by atoms with van der Waals surface area (Å²) in [6.07, 6.45) is 0. The fraction of sp³-hybridized carbons (Fsp3) is 0.182. The van der Waals surface area contributed by atoms with E-state index in [2.05, 4.69) is 235 Å². The SMILES string of the molecule is Cc1cc(C)c(N(c2ccc3c(c2)c2cc(N(c4c(C)cc(C)cc4C)c4c(C)cc(C)cc4C)cc4c5cc6c7cccc8c9ccccc9n(c6cc5n3c24)c87)c2c(C)cc(C)cc2C)c(C)c1. The van der Waals surface area contributed by atoms with E-state index in [1.807, 2.05) is 0 Å². The predicted octanol–water partition coefficient (Wildman–Crippen LogP) is 18.6. The molecule has 0 aliphatic heterocycles. The molecule has 0 saturated carbocycles. The zero-order valence-corrected chi connectivity index (χ0v) is 42.5. The number of aryl methyl sites for hydroxylation is 12. The van der Waals surface area contributed by atoms with Crippen LogP contribution in [0.2, 0.25) is 0 Å². The van der Waals surface area contributed by atoms with Crippen molar-refractivity contribution in [2.45, 2.75) is 83.1 Å². The fourth-order valence-electron chi connectivity index (χ4n) is 13.5. The van der Waals surface area contributed by atoms with E-state index in [9.17, 15) is 0 Å². The van der Waals surface area contributed by atoms with E-state index in [0.717, 1.165) is 11.4 Å². The van der Waals surface area contributed by atoms with Gasteiger partial charge in [-0.05, 0) is 176 Å². The van der Waals surface area contributed by atoms with E-state index in [0.29, 0.717) is 0 Å². The Hall–Kier alpha value is -7.82. The highest BCUT2D eigenvalue weighted by molar-refractivity contribution is 6.30. The molecule has 0 atom stereocenters. The van der Waals surface area contributed by atoms with E-state index < -0.39 is 0 Å². The normalized spacial score (nSPS) is 12.3. The third-order valence-corrected chi connectivity index (χ3v) is 15.7. The van der Waals surface area contributed by atoms with Crippen LogP contribution in [0.1, 0.15) is 66.8 Å². The van der Waals surface area contributed by atoms with Gasteiger partial charge >= 0.3 is 0 Å². The number of benzene rings is 9. The lowest BCUT2D eigenvalue weighted by atomic mass is 9.97. The van der Waals surface area contributed by atoms with Crippen LogP contribution in [0.5, 0.6) is 0 Å². The number of hydrogen-bond donors (Lipinski definition) is 0. The topological polar surface area (TPSA) is 15.3 Å². The zero-order chi connectivity index (χ0) is 48.3. The van der Waals surface area contributed by atoms with Gasteiger partial charge in [0, 0.05) is 54.5 Å². The van der Waals surface area contributed by atoms with Gasteiger partial charge in [0.05, 0.1) is 55.8 Å². The molecule has 342 valence electrons. The Morgan fingerprint density at radius 2 is 0.600 bits per heavy atom. The van der Waals surface area contributed by atoms with Crippen LogP contribution in [0.4, 0.5) is 34.1 Å². The molecule has 0 spiro atoms. The van der Waals surface area contributed by atoms with Gasteiger partial charge in [0.25, 0.3) is 0 Å². The third kappa shape index (κ3) is 5.83. The van der Waals surface area contributed by atoms with Crippen LogP contribution in [-0.4, -0.2) is 8.80 Å². The number of fused-ring (bicyclic) bond motifs is 12. The van der Waals surface area contributed by atoms with Gasteiger partial charge in [-0.25, -0.2) is 0 Å². The Morgan fingerprint density at radius 1 is 0.257 bits per heavy atom. The maximum absolute atomic E-state index is 2.59. The van der Waals surface area contributed by atoms with Crippen LogP contribution in [0.15, 0.2) is 133 Å². The van der Waals surface area contributed by atoms with Crippen molar-refractivity contribution in [1.29, 1.82) is 0 Å². The molecule has 13 rings (SSSR count). The molecule has 0 fully saturated rings. The molecule has 0 aliphatic rings. The van der Waals surface area contributed by atoms with E-state index in [1.54, 1.807) is 0 Å². The number of nitrogens with zero attached hydrogens (tertiary/aromatic N) is 4. The third-order valence-electron chi connectivity index (χ3n) is 15.7. The highest BCUT2D eigenvalue weighted by atomic mass is 15.2. The summed E-state index contributed by atoms with van der Waals surface area (Å²) < 4.78 is 5.11. The Kier molecular flexibility index (Phi) is 8.97. The van der Waals surface area contributed by atoms with Gasteiger partial charge in [0.1, 0.15) is 0 Å². The summed E-state index contributed by atoms with van der Waals surface area (Å²) in [4.78, 5) is 5.14. The lowest BCUT2D eigenvalue weighted by Crippen LogP contribution is -2.16. The van der Waals surface area contributed by atoms with Gasteiger partial charge in [-0.3, -0.25) is 0 Å². The Balaban J connectivity index is 1.20. The molecule has 13 aromatic rings. The van der Waals surface area contributed by atoms with Crippen molar-refractivity contribution in [2.75, 3.05) is 9.80 Å². The van der Waals surface area contributed by atoms with Crippen molar-refractivity contribution < 1.29 is 0 Å². The molecule has 0 aliphatic carbocycles. The van der Waals surface area contributed by atoms with Crippen molar-refractivity contribution >= 4 is 110 Å². The molecule has 4 heterocycles. The van der Waals surface area contributed by atoms with Crippen molar-refractivity contribution in [2.24, 2.45) is 0 Å². The van der Waals surface area contributed by atoms with Crippen molar-refractivity contribution in [3.8, 4) is 0 Å². The largest absolute Gasteiger partial charge is 0.309 e. The first-order valence-electron chi connectivity index (χ1n) is 24.9. The predicted molar refractivity (Wildman–Crippen MR) is 302 cm³/mol. The highest BCUT2D eigenvalue weighted by Gasteiger charge is 2.28. The molecule has 70 heavy (non-hydrogen) atoms. The lowest BCUT2D eigenvalue weighted by molar-refractivity contribution is 1.16. The second-order valence-electron chi connectivity index (χ2n) is 21.0. The van der Waals surface area contributed by atoms with Crippen molar-refractivity contribution in [1.82, 2.24) is 8.80 Å². The molecule has 9 aromatic carbocycles. The molecular formula is C66H58N4. The maximum atomic E-state index is 2.59. The summed E-state index contributed by atoms with van der Waals surface area (Å²) in [5.74, 6) is 0. The summed E-state index contributed by atoms with van der Waals surface area (Å²) in [5, 5.41) is 10.2. The summed E-state index contributed by atoms with van der Waals surface area (Å²) in [5.41, 5.74) is 30.0. The first kappa shape index (κ1) is 42.3. The maximum Gasteiger partial charge on any atom is 0.0622 e. The van der Waals surface area contributed by atoms with Gasteiger partial charge in [0.15, 0.2) is 0 Å². The molecule has 0 unspecified atom stereocenters. The minimum absolute atomic E-state index is 1.15. The minimum Gasteiger partial charge on any atom is -0.309 e. The number of rotatable bonds is 6. The lowest BCUT2D eigenvalue weighted by Gasteiger charge is -2.32. The molecule has 0 bridgehead atoms. The van der Waals surface area contributed by atoms with Gasteiger partial charge in [0.2, 0.25) is 0 Å². The van der Waals surface area contributed by atoms with Crippen molar-refractivity contribution in [3.63, 3.8) is 0 Å². The second kappa shape index (κ2) is 14.8. The molecule has 4 nitrogen and oxygen atoms in total. The average Bonchev–Trinajstić information content (AvgIpc) is 4.01. The molecule has 4 aromatic heterocycles. The first-order valence-corrected chi connectivity index (χ1v) is 24.9. The van der Waals surface area contributed by atoms with Crippen LogP contribution >= 0.6 is 0 Å². The van der Waals surface area contributed by atoms with E-state index in [-0.39, 0.29) is 0 Å². The van der Waals surface area contributed by atoms with Crippen LogP contribution in [0.3, 0.4) is 0 Å². The smallest absolute Gasteiger partial charge is 0.0622 e. The summed E-state index contributed by atoms with van der Waals surface area (Å²) in [7, 11) is 0. The van der Waals surface area contributed by atoms with Crippen molar-refractivity contribution in [3.05, 3.63) is 200 Å². The Bertz CT molecular complexity index is 4180. The monoisotopic (exact) mass is 906 g/mol. The molecule has 0 radical (unpaired) electrons. The summed E-state index contributed by atoms with van der Waals surface area (Å²) >= 11 is 0. The molecule has 0 amide bonds. The van der Waals surface area contributed by atoms with Gasteiger partial charge < -0.3 is 18.6 Å². The van der Waals surface area contributed by atoms with Gasteiger partial charge in [-0.1, -0.05) is 107 Å². The van der Waals surface area contributed by atoms with Crippen LogP contribution in [0, 0.1) is 83.1 Å². The zero-order valence-electron chi connectivity index (χ0n) is 42.5. The van der Waals surface area contributed by atoms with E-state index >= 15 is 0 Å². The van der Waals surface area contributed by atoms with E-state index in [1.165, 1.54) is 166 Å². The Morgan fingerprint density at radius 3 is 1.07 bits per heavy atom. The van der Waals surface area contributed by atoms with Gasteiger partial charge in [-0.15, -0.1) is 0 Å². The second-order valence-corrected chi connectivity index (χ2v) is 21.0. The number of aromatic nitrogens is 2. The quantitative estimate of drug-likeness (QED) is 0.165. The standard InChI is InChI=1S/C66H58N4/c1-35-22-39(5)61(40(6)23-35)67(62-41(7)24-36(2)25-42(62)8)47-20-21-58-52(30-47)55-31-48(68(63-43(9)26-37(3)27-44(63)10)64-45(11)28-38(4)29-46(64)12)32-56-54-33-53-51-18-15-17-50-49-16-13-14-19-57(49)69(65(50)51)59(53)34-60(54)70(58)66(55)56/h13-34H,1-12H3. The molecule has 0 saturated heterocycles. The number of anilines is 6. The van der Waals surface area contributed by atoms with Crippen LogP contribution in [-0.2, 0) is 0 Å². The molecule has 4 heteroatoms. The summed E-state index contributed by atoms with van der Waals surface area (Å²) in [6.45, 7) is 27.1. The number of para-hydroxylation sites is 2. The van der Waals surface area contributed by atoms with Gasteiger partial charge in [-0.2, -0.15) is 0 Å². The summed E-state index contributed by atoms with van der Waals surface area (Å²) in [6, 6.07) is 51.8. The van der Waals surface area contributed by atoms with E-state index in [4.69, 9.17) is 0 Å². The van der Waals surface area contributed by atoms with Crippen LogP contribution < -0.4 is 9.80 Å².